The van der Waals surface area contributed by atoms with Crippen LogP contribution >= 0.6 is 0 Å². The lowest BCUT2D eigenvalue weighted by Crippen LogP contribution is -2.06. The first-order chi connectivity index (χ1) is 8.24. The van der Waals surface area contributed by atoms with Gasteiger partial charge in [0.05, 0.1) is 19.8 Å². The van der Waals surface area contributed by atoms with Crippen molar-refractivity contribution in [1.29, 1.82) is 0 Å². The normalized spacial score (nSPS) is 10.7. The molecular formula is C13H20FNO2. The molecular weight excluding hydrogens is 221 g/mol. The molecule has 0 fully saturated rings. The third-order valence-corrected chi connectivity index (χ3v) is 2.38. The van der Waals surface area contributed by atoms with Gasteiger partial charge < -0.3 is 15.2 Å². The van der Waals surface area contributed by atoms with Crippen molar-refractivity contribution in [3.8, 4) is 0 Å². The largest absolute Gasteiger partial charge is 0.398 e. The predicted octanol–water partition coefficient (Wildman–Crippen LogP) is 2.74. The van der Waals surface area contributed by atoms with E-state index in [-0.39, 0.29) is 5.82 Å². The lowest BCUT2D eigenvalue weighted by Gasteiger charge is -2.07. The van der Waals surface area contributed by atoms with E-state index >= 15 is 0 Å². The van der Waals surface area contributed by atoms with Crippen molar-refractivity contribution < 1.29 is 13.9 Å². The molecule has 0 spiro atoms. The molecule has 0 aliphatic rings. The van der Waals surface area contributed by atoms with Crippen LogP contribution in [0.15, 0.2) is 18.2 Å². The molecule has 0 radical (unpaired) electrons. The highest BCUT2D eigenvalue weighted by molar-refractivity contribution is 5.46. The second-order valence-electron chi connectivity index (χ2n) is 3.86. The van der Waals surface area contributed by atoms with Gasteiger partial charge >= 0.3 is 0 Å². The Balaban J connectivity index is 2.14. The van der Waals surface area contributed by atoms with E-state index < -0.39 is 0 Å². The molecule has 1 aromatic rings. The highest BCUT2D eigenvalue weighted by Crippen LogP contribution is 2.14. The van der Waals surface area contributed by atoms with E-state index in [1.54, 1.807) is 6.07 Å². The number of hydrogen-bond acceptors (Lipinski definition) is 3. The van der Waals surface area contributed by atoms with Crippen molar-refractivity contribution in [2.24, 2.45) is 0 Å². The van der Waals surface area contributed by atoms with Crippen LogP contribution in [-0.4, -0.2) is 19.8 Å². The number of nitrogen functional groups attached to an aromatic ring is 1. The van der Waals surface area contributed by atoms with Gasteiger partial charge in [0.2, 0.25) is 0 Å². The van der Waals surface area contributed by atoms with E-state index in [9.17, 15) is 4.39 Å². The highest BCUT2D eigenvalue weighted by Gasteiger charge is 2.00. The topological polar surface area (TPSA) is 44.5 Å². The third kappa shape index (κ3) is 5.65. The fourth-order valence-corrected chi connectivity index (χ4v) is 1.35. The van der Waals surface area contributed by atoms with Crippen LogP contribution in [0.25, 0.3) is 0 Å². The summed E-state index contributed by atoms with van der Waals surface area (Å²) in [5, 5.41) is 0. The molecule has 1 aromatic carbocycles. The summed E-state index contributed by atoms with van der Waals surface area (Å²) in [4.78, 5) is 0. The fraction of sp³-hybridized carbons (Fsp3) is 0.538. The number of halogens is 1. The number of unbranched alkanes of at least 4 members (excludes halogenated alkanes) is 1. The van der Waals surface area contributed by atoms with Gasteiger partial charge in [0, 0.05) is 17.9 Å². The first-order valence-corrected chi connectivity index (χ1v) is 5.93. The molecule has 0 aliphatic carbocycles. The second kappa shape index (κ2) is 8.03. The van der Waals surface area contributed by atoms with Gasteiger partial charge in [0.1, 0.15) is 5.82 Å². The van der Waals surface area contributed by atoms with E-state index in [2.05, 4.69) is 6.92 Å². The number of benzene rings is 1. The predicted molar refractivity (Wildman–Crippen MR) is 66.2 cm³/mol. The number of rotatable bonds is 8. The zero-order valence-electron chi connectivity index (χ0n) is 10.2. The zero-order chi connectivity index (χ0) is 12.5. The van der Waals surface area contributed by atoms with Crippen LogP contribution in [0.3, 0.4) is 0 Å². The molecule has 0 amide bonds. The van der Waals surface area contributed by atoms with Gasteiger partial charge in [0.15, 0.2) is 0 Å². The molecule has 4 heteroatoms. The van der Waals surface area contributed by atoms with E-state index in [4.69, 9.17) is 15.2 Å². The van der Waals surface area contributed by atoms with Gasteiger partial charge in [-0.15, -0.1) is 0 Å². The van der Waals surface area contributed by atoms with Gasteiger partial charge in [-0.1, -0.05) is 19.4 Å². The molecule has 2 N–H and O–H groups in total. The molecule has 17 heavy (non-hydrogen) atoms. The Morgan fingerprint density at radius 1 is 1.18 bits per heavy atom. The maximum atomic E-state index is 12.8. The highest BCUT2D eigenvalue weighted by atomic mass is 19.1. The molecule has 0 bridgehead atoms. The van der Waals surface area contributed by atoms with E-state index in [0.717, 1.165) is 25.0 Å². The maximum absolute atomic E-state index is 12.8. The van der Waals surface area contributed by atoms with Crippen molar-refractivity contribution in [3.05, 3.63) is 29.6 Å². The van der Waals surface area contributed by atoms with Crippen LogP contribution in [0.5, 0.6) is 0 Å². The molecule has 0 aromatic heterocycles. The summed E-state index contributed by atoms with van der Waals surface area (Å²) in [6, 6.07) is 4.33. The van der Waals surface area contributed by atoms with Crippen molar-refractivity contribution in [2.75, 3.05) is 25.6 Å². The standard InChI is InChI=1S/C13H20FNO2/c1-2-3-6-16-7-8-17-10-11-4-5-12(14)9-13(11)15/h4-5,9H,2-3,6-8,10,15H2,1H3. The summed E-state index contributed by atoms with van der Waals surface area (Å²) in [7, 11) is 0. The third-order valence-electron chi connectivity index (χ3n) is 2.38. The Kier molecular flexibility index (Phi) is 6.58. The Labute approximate surface area is 102 Å². The lowest BCUT2D eigenvalue weighted by molar-refractivity contribution is 0.0398. The van der Waals surface area contributed by atoms with Gasteiger partial charge in [-0.05, 0) is 18.6 Å². The van der Waals surface area contributed by atoms with Crippen molar-refractivity contribution in [3.63, 3.8) is 0 Å². The molecule has 3 nitrogen and oxygen atoms in total. The molecule has 0 saturated carbocycles. The average molecular weight is 241 g/mol. The quantitative estimate of drug-likeness (QED) is 0.562. The van der Waals surface area contributed by atoms with Crippen molar-refractivity contribution >= 4 is 5.69 Å². The fourth-order valence-electron chi connectivity index (χ4n) is 1.35. The molecule has 96 valence electrons. The summed E-state index contributed by atoms with van der Waals surface area (Å²) in [6.07, 6.45) is 2.21. The summed E-state index contributed by atoms with van der Waals surface area (Å²) in [5.41, 5.74) is 6.88. The lowest BCUT2D eigenvalue weighted by atomic mass is 10.2. The Bertz CT molecular complexity index is 331. The number of anilines is 1. The molecule has 0 atom stereocenters. The first-order valence-electron chi connectivity index (χ1n) is 5.93. The molecule has 0 aliphatic heterocycles. The minimum atomic E-state index is -0.325. The molecule has 0 saturated heterocycles. The minimum absolute atomic E-state index is 0.325. The van der Waals surface area contributed by atoms with Gasteiger partial charge in [-0.2, -0.15) is 0 Å². The smallest absolute Gasteiger partial charge is 0.125 e. The van der Waals surface area contributed by atoms with Crippen LogP contribution in [0.2, 0.25) is 0 Å². The summed E-state index contributed by atoms with van der Waals surface area (Å²) in [6.45, 7) is 4.40. The Morgan fingerprint density at radius 2 is 1.94 bits per heavy atom. The second-order valence-corrected chi connectivity index (χ2v) is 3.86. The SMILES string of the molecule is CCCCOCCOCc1ccc(F)cc1N. The molecule has 1 rings (SSSR count). The summed E-state index contributed by atoms with van der Waals surface area (Å²) < 4.78 is 23.5. The van der Waals surface area contributed by atoms with Crippen molar-refractivity contribution in [1.82, 2.24) is 0 Å². The molecule has 0 heterocycles. The summed E-state index contributed by atoms with van der Waals surface area (Å²) >= 11 is 0. The van der Waals surface area contributed by atoms with Gasteiger partial charge in [0.25, 0.3) is 0 Å². The Morgan fingerprint density at radius 3 is 2.65 bits per heavy atom. The average Bonchev–Trinajstić information content (AvgIpc) is 2.30. The van der Waals surface area contributed by atoms with Crippen LogP contribution < -0.4 is 5.73 Å². The van der Waals surface area contributed by atoms with Crippen molar-refractivity contribution in [2.45, 2.75) is 26.4 Å². The van der Waals surface area contributed by atoms with Gasteiger partial charge in [-0.25, -0.2) is 4.39 Å². The van der Waals surface area contributed by atoms with E-state index in [1.807, 2.05) is 0 Å². The number of hydrogen-bond donors (Lipinski definition) is 1. The number of nitrogens with two attached hydrogens (primary N) is 1. The van der Waals surface area contributed by atoms with Crippen LogP contribution in [0, 0.1) is 5.82 Å². The van der Waals surface area contributed by atoms with Gasteiger partial charge in [-0.3, -0.25) is 0 Å². The monoisotopic (exact) mass is 241 g/mol. The zero-order valence-corrected chi connectivity index (χ0v) is 10.2. The summed E-state index contributed by atoms with van der Waals surface area (Å²) in [5.74, 6) is -0.325. The number of ether oxygens (including phenoxy) is 2. The minimum Gasteiger partial charge on any atom is -0.398 e. The van der Waals surface area contributed by atoms with E-state index in [1.165, 1.54) is 12.1 Å². The molecule has 0 unspecified atom stereocenters. The first kappa shape index (κ1) is 13.9. The van der Waals surface area contributed by atoms with Crippen LogP contribution in [0.1, 0.15) is 25.3 Å². The van der Waals surface area contributed by atoms with Crippen LogP contribution in [-0.2, 0) is 16.1 Å². The maximum Gasteiger partial charge on any atom is 0.125 e. The van der Waals surface area contributed by atoms with Crippen LogP contribution in [0.4, 0.5) is 10.1 Å². The Hall–Kier alpha value is -1.13. The van der Waals surface area contributed by atoms with E-state index in [0.29, 0.717) is 25.5 Å².